The van der Waals surface area contributed by atoms with E-state index in [0.29, 0.717) is 18.4 Å². The summed E-state index contributed by atoms with van der Waals surface area (Å²) in [6, 6.07) is 2.79. The summed E-state index contributed by atoms with van der Waals surface area (Å²) in [5, 5.41) is 9.74. The van der Waals surface area contributed by atoms with Gasteiger partial charge in [0.15, 0.2) is 11.5 Å². The smallest absolute Gasteiger partial charge is 0.480 e. The van der Waals surface area contributed by atoms with Crippen LogP contribution in [0.25, 0.3) is 0 Å². The van der Waals surface area contributed by atoms with Gasteiger partial charge in [0, 0.05) is 5.92 Å². The van der Waals surface area contributed by atoms with Gasteiger partial charge >= 0.3 is 24.4 Å². The van der Waals surface area contributed by atoms with Crippen molar-refractivity contribution in [1.29, 1.82) is 0 Å². The number of ether oxygens (including phenoxy) is 6. The van der Waals surface area contributed by atoms with E-state index in [1.54, 1.807) is 20.8 Å². The van der Waals surface area contributed by atoms with Gasteiger partial charge in [-0.25, -0.2) is 14.4 Å². The normalized spacial score (nSPS) is 17.0. The van der Waals surface area contributed by atoms with Crippen molar-refractivity contribution >= 4 is 24.4 Å². The van der Waals surface area contributed by atoms with Gasteiger partial charge in [0.05, 0.1) is 0 Å². The van der Waals surface area contributed by atoms with Gasteiger partial charge in [-0.05, 0) is 83.4 Å². The molecule has 0 amide bonds. The van der Waals surface area contributed by atoms with Crippen LogP contribution in [0.2, 0.25) is 0 Å². The maximum absolute atomic E-state index is 12.6. The highest BCUT2D eigenvalue weighted by molar-refractivity contribution is 5.75. The molecule has 0 saturated heterocycles. The lowest BCUT2D eigenvalue weighted by Gasteiger charge is -2.26. The van der Waals surface area contributed by atoms with Crippen LogP contribution in [-0.2, 0) is 23.7 Å². The molecule has 1 saturated carbocycles. The molecule has 0 aromatic heterocycles. The van der Waals surface area contributed by atoms with Crippen LogP contribution in [0.3, 0.4) is 0 Å². The first-order valence-corrected chi connectivity index (χ1v) is 15.2. The Morgan fingerprint density at radius 2 is 1.35 bits per heavy atom. The molecule has 242 valence electrons. The van der Waals surface area contributed by atoms with E-state index in [1.807, 2.05) is 13.8 Å². The third-order valence-corrected chi connectivity index (χ3v) is 7.18. The van der Waals surface area contributed by atoms with Gasteiger partial charge in [-0.1, -0.05) is 39.2 Å². The Morgan fingerprint density at radius 3 is 1.88 bits per heavy atom. The fraction of sp³-hybridized carbons (Fsp3) is 0.677. The molecule has 1 aliphatic carbocycles. The van der Waals surface area contributed by atoms with E-state index in [1.165, 1.54) is 18.2 Å². The second kappa shape index (κ2) is 18.2. The minimum absolute atomic E-state index is 0.0153. The van der Waals surface area contributed by atoms with Gasteiger partial charge in [-0.15, -0.1) is 0 Å². The Labute approximate surface area is 253 Å². The molecule has 0 spiro atoms. The van der Waals surface area contributed by atoms with Gasteiger partial charge in [0.2, 0.25) is 0 Å². The highest BCUT2D eigenvalue weighted by Gasteiger charge is 2.31. The predicted octanol–water partition coefficient (Wildman–Crippen LogP) is 6.85. The highest BCUT2D eigenvalue weighted by Crippen LogP contribution is 2.35. The molecule has 1 aromatic rings. The zero-order valence-corrected chi connectivity index (χ0v) is 25.9. The van der Waals surface area contributed by atoms with E-state index in [4.69, 9.17) is 34.2 Å². The molecule has 1 fully saturated rings. The van der Waals surface area contributed by atoms with E-state index in [0.717, 1.165) is 44.9 Å². The summed E-state index contributed by atoms with van der Waals surface area (Å²) < 4.78 is 32.1. The molecule has 3 N–H and O–H groups in total. The topological polar surface area (TPSA) is 170 Å². The fourth-order valence-electron chi connectivity index (χ4n) is 4.99. The second-order valence-electron chi connectivity index (χ2n) is 11.1. The maximum Gasteiger partial charge on any atom is 0.514 e. The summed E-state index contributed by atoms with van der Waals surface area (Å²) in [5.41, 5.74) is 6.41. The minimum Gasteiger partial charge on any atom is -0.480 e. The number of carbonyl (C=O) groups excluding carboxylic acids is 3. The van der Waals surface area contributed by atoms with E-state index < -0.39 is 54.7 Å². The number of rotatable bonds is 15. The van der Waals surface area contributed by atoms with Gasteiger partial charge in [0.1, 0.15) is 30.5 Å². The Bertz CT molecular complexity index is 1060. The van der Waals surface area contributed by atoms with Crippen LogP contribution in [0.5, 0.6) is 11.5 Å². The van der Waals surface area contributed by atoms with Crippen molar-refractivity contribution in [2.24, 2.45) is 5.73 Å². The second-order valence-corrected chi connectivity index (χ2v) is 11.1. The largest absolute Gasteiger partial charge is 0.514 e. The first-order chi connectivity index (χ1) is 20.4. The van der Waals surface area contributed by atoms with Gasteiger partial charge in [0.25, 0.3) is 0 Å². The van der Waals surface area contributed by atoms with E-state index in [2.05, 4.69) is 0 Å². The minimum atomic E-state index is -1.41. The molecule has 4 unspecified atom stereocenters. The molecule has 12 heteroatoms. The summed E-state index contributed by atoms with van der Waals surface area (Å²) in [6.07, 6.45) is 2.80. The lowest BCUT2D eigenvalue weighted by molar-refractivity contribution is -0.139. The van der Waals surface area contributed by atoms with Crippen LogP contribution < -0.4 is 15.2 Å². The Morgan fingerprint density at radius 1 is 0.814 bits per heavy atom. The molecular weight excluding hydrogens is 562 g/mol. The third kappa shape index (κ3) is 12.7. The van der Waals surface area contributed by atoms with Crippen LogP contribution in [0.1, 0.15) is 110 Å². The molecule has 0 heterocycles. The average Bonchev–Trinajstić information content (AvgIpc) is 2.92. The Balaban J connectivity index is 2.29. The van der Waals surface area contributed by atoms with Crippen molar-refractivity contribution in [2.75, 3.05) is 0 Å². The van der Waals surface area contributed by atoms with Crippen LogP contribution in [-0.4, -0.2) is 60.0 Å². The van der Waals surface area contributed by atoms with Crippen LogP contribution in [0.15, 0.2) is 18.2 Å². The van der Waals surface area contributed by atoms with Crippen LogP contribution in [0, 0.1) is 0 Å². The number of aliphatic carboxylic acids is 1. The number of carbonyl (C=O) groups is 4. The van der Waals surface area contributed by atoms with Crippen molar-refractivity contribution in [1.82, 2.24) is 0 Å². The molecule has 5 atom stereocenters. The molecule has 43 heavy (non-hydrogen) atoms. The molecular formula is C31H47NO11. The highest BCUT2D eigenvalue weighted by atomic mass is 16.8. The standard InChI is InChI=1S/C31H47NO11/c1-6-11-19(3)38-30(36)42-25-16-15-22(18-26(25)43-31(37)39-20(4)12-7-2)24(27(32)28(33)34)17-21(5)40-29(35)41-23-13-9-8-10-14-23/h15-16,18-21,23-24,27H,6-14,17,32H2,1-5H3,(H,33,34)/t19?,20?,21?,24?,27-/m0/s1. The first-order valence-electron chi connectivity index (χ1n) is 15.2. The van der Waals surface area contributed by atoms with Gasteiger partial charge in [-0.2, -0.15) is 0 Å². The quantitative estimate of drug-likeness (QED) is 0.120. The van der Waals surface area contributed by atoms with Crippen LogP contribution >= 0.6 is 0 Å². The van der Waals surface area contributed by atoms with Crippen molar-refractivity contribution < 1.29 is 52.7 Å². The summed E-state index contributed by atoms with van der Waals surface area (Å²) in [5.74, 6) is -2.51. The third-order valence-electron chi connectivity index (χ3n) is 7.18. The van der Waals surface area contributed by atoms with Crippen molar-refractivity contribution in [3.63, 3.8) is 0 Å². The summed E-state index contributed by atoms with van der Waals surface area (Å²) >= 11 is 0. The molecule has 1 aromatic carbocycles. The monoisotopic (exact) mass is 609 g/mol. The predicted molar refractivity (Wildman–Crippen MR) is 156 cm³/mol. The fourth-order valence-corrected chi connectivity index (χ4v) is 4.99. The number of hydrogen-bond donors (Lipinski definition) is 2. The van der Waals surface area contributed by atoms with E-state index >= 15 is 0 Å². The number of nitrogens with two attached hydrogens (primary N) is 1. The van der Waals surface area contributed by atoms with Crippen molar-refractivity contribution in [3.8, 4) is 11.5 Å². The summed E-state index contributed by atoms with van der Waals surface area (Å²) in [7, 11) is 0. The van der Waals surface area contributed by atoms with E-state index in [-0.39, 0.29) is 24.0 Å². The molecule has 0 aliphatic heterocycles. The number of benzene rings is 1. The number of hydrogen-bond acceptors (Lipinski definition) is 11. The lowest BCUT2D eigenvalue weighted by atomic mass is 9.87. The number of carboxylic acids is 1. The molecule has 2 rings (SSSR count). The van der Waals surface area contributed by atoms with E-state index in [9.17, 15) is 24.3 Å². The van der Waals surface area contributed by atoms with Crippen molar-refractivity contribution in [3.05, 3.63) is 23.8 Å². The maximum atomic E-state index is 12.6. The SMILES string of the molecule is CCCC(C)OC(=O)Oc1ccc(C(CC(C)OC(=O)OC2CCCCC2)[C@H](N)C(=O)O)cc1OC(=O)OC(C)CCC. The molecule has 12 nitrogen and oxygen atoms in total. The lowest BCUT2D eigenvalue weighted by Crippen LogP contribution is -2.38. The summed E-state index contributed by atoms with van der Waals surface area (Å²) in [4.78, 5) is 49.3. The van der Waals surface area contributed by atoms with Crippen molar-refractivity contribution in [2.45, 2.75) is 135 Å². The zero-order chi connectivity index (χ0) is 31.9. The average molecular weight is 610 g/mol. The zero-order valence-electron chi connectivity index (χ0n) is 25.9. The molecule has 0 bridgehead atoms. The van der Waals surface area contributed by atoms with Crippen LogP contribution in [0.4, 0.5) is 14.4 Å². The van der Waals surface area contributed by atoms with Gasteiger partial charge in [-0.3, -0.25) is 4.79 Å². The van der Waals surface area contributed by atoms with Gasteiger partial charge < -0.3 is 39.3 Å². The Hall–Kier alpha value is -3.54. The molecule has 0 radical (unpaired) electrons. The first kappa shape index (κ1) is 35.7. The summed E-state index contributed by atoms with van der Waals surface area (Å²) in [6.45, 7) is 8.94. The number of carboxylic acid groups (broad SMARTS) is 1. The Kier molecular flexibility index (Phi) is 15.1. The molecule has 1 aliphatic rings.